The molecular formula is C26H25N3O4S. The summed E-state index contributed by atoms with van der Waals surface area (Å²) in [7, 11) is 0. The molecule has 0 fully saturated rings. The van der Waals surface area contributed by atoms with Crippen LogP contribution < -0.4 is 0 Å². The molecule has 2 N–H and O–H groups in total. The molecule has 2 aromatic heterocycles. The molecule has 8 heteroatoms. The molecule has 174 valence electrons. The average Bonchev–Trinajstić information content (AvgIpc) is 3.60. The number of carbonyl (C=O) groups is 2. The Hall–Kier alpha value is -3.33. The summed E-state index contributed by atoms with van der Waals surface area (Å²) in [6.45, 7) is 1.42. The van der Waals surface area contributed by atoms with Gasteiger partial charge in [-0.25, -0.2) is 4.98 Å². The molecule has 0 bridgehead atoms. The lowest BCUT2D eigenvalue weighted by Gasteiger charge is -2.22. The molecule has 2 aromatic carbocycles. The maximum Gasteiger partial charge on any atom is 0.255 e. The number of para-hydroxylation sites is 2. The fourth-order valence-electron chi connectivity index (χ4n) is 4.35. The minimum absolute atomic E-state index is 0.0552. The summed E-state index contributed by atoms with van der Waals surface area (Å²) in [5, 5.41) is 22.7. The first-order valence-corrected chi connectivity index (χ1v) is 12.1. The summed E-state index contributed by atoms with van der Waals surface area (Å²) in [5.74, 6) is -1.16. The monoisotopic (exact) mass is 475 g/mol. The summed E-state index contributed by atoms with van der Waals surface area (Å²) >= 11 is 1.55. The number of rotatable bonds is 8. The summed E-state index contributed by atoms with van der Waals surface area (Å²) in [5.41, 5.74) is 5.15. The second kappa shape index (κ2) is 9.50. The van der Waals surface area contributed by atoms with Gasteiger partial charge < -0.3 is 19.7 Å². The van der Waals surface area contributed by atoms with Gasteiger partial charge in [-0.15, -0.1) is 11.3 Å². The Kier molecular flexibility index (Phi) is 6.28. The zero-order valence-electron chi connectivity index (χ0n) is 18.5. The number of imidazole rings is 1. The van der Waals surface area contributed by atoms with Crippen LogP contribution in [0.5, 0.6) is 0 Å². The molecule has 7 nitrogen and oxygen atoms in total. The smallest absolute Gasteiger partial charge is 0.255 e. The normalized spacial score (nSPS) is 14.8. The highest BCUT2D eigenvalue weighted by Gasteiger charge is 2.35. The second-order valence-electron chi connectivity index (χ2n) is 8.60. The molecule has 1 aliphatic heterocycles. The second-order valence-corrected chi connectivity index (χ2v) is 9.60. The topological polar surface area (TPSA) is 95.7 Å². The first-order valence-electron chi connectivity index (χ1n) is 11.2. The minimum Gasteiger partial charge on any atom is -0.382 e. The Bertz CT molecular complexity index is 1320. The number of aliphatic hydroxyl groups is 2. The number of benzene rings is 2. The molecule has 0 radical (unpaired) electrons. The van der Waals surface area contributed by atoms with E-state index in [4.69, 9.17) is 0 Å². The molecule has 5 rings (SSSR count). The third-order valence-electron chi connectivity index (χ3n) is 6.24. The van der Waals surface area contributed by atoms with Gasteiger partial charge in [0.15, 0.2) is 11.9 Å². The zero-order chi connectivity index (χ0) is 23.7. The van der Waals surface area contributed by atoms with Crippen molar-refractivity contribution < 1.29 is 19.8 Å². The standard InChI is InChI=1S/C26H25N3O4S/c30-23(24(31)25(32)26(33)28-13-18-5-1-2-6-19(18)14-28)10-9-20-11-17(15-34-20)12-29-16-27-21-7-3-4-8-22(21)29/h1-8,11,15-16,24-25,31-32H,9-10,12-14H2/t24-,25+/m0/s1. The maximum atomic E-state index is 12.6. The molecule has 1 amide bonds. The van der Waals surface area contributed by atoms with Crippen LogP contribution >= 0.6 is 11.3 Å². The number of hydrogen-bond acceptors (Lipinski definition) is 6. The van der Waals surface area contributed by atoms with Crippen molar-refractivity contribution in [1.29, 1.82) is 0 Å². The van der Waals surface area contributed by atoms with Gasteiger partial charge in [-0.2, -0.15) is 0 Å². The fourth-order valence-corrected chi connectivity index (χ4v) is 5.24. The minimum atomic E-state index is -1.75. The van der Waals surface area contributed by atoms with Crippen molar-refractivity contribution in [2.24, 2.45) is 0 Å². The van der Waals surface area contributed by atoms with Crippen LogP contribution in [0.25, 0.3) is 11.0 Å². The number of thiophene rings is 1. The molecule has 0 unspecified atom stereocenters. The van der Waals surface area contributed by atoms with Crippen LogP contribution in [0.4, 0.5) is 0 Å². The number of amides is 1. The van der Waals surface area contributed by atoms with Gasteiger partial charge in [0.2, 0.25) is 0 Å². The summed E-state index contributed by atoms with van der Waals surface area (Å²) in [4.78, 5) is 32.0. The van der Waals surface area contributed by atoms with Crippen LogP contribution in [-0.2, 0) is 35.6 Å². The van der Waals surface area contributed by atoms with E-state index in [9.17, 15) is 19.8 Å². The van der Waals surface area contributed by atoms with Crippen molar-refractivity contribution in [2.75, 3.05) is 0 Å². The van der Waals surface area contributed by atoms with Gasteiger partial charge in [-0.05, 0) is 46.7 Å². The molecule has 4 aromatic rings. The van der Waals surface area contributed by atoms with Crippen LogP contribution in [0.2, 0.25) is 0 Å². The molecule has 0 aliphatic carbocycles. The number of aryl methyl sites for hydroxylation is 1. The van der Waals surface area contributed by atoms with E-state index >= 15 is 0 Å². The van der Waals surface area contributed by atoms with E-state index in [0.717, 1.165) is 32.6 Å². The van der Waals surface area contributed by atoms with Crippen LogP contribution in [0.1, 0.15) is 28.0 Å². The van der Waals surface area contributed by atoms with Gasteiger partial charge in [-0.3, -0.25) is 9.59 Å². The van der Waals surface area contributed by atoms with Crippen molar-refractivity contribution in [3.8, 4) is 0 Å². The van der Waals surface area contributed by atoms with Crippen molar-refractivity contribution in [3.05, 3.63) is 87.9 Å². The third kappa shape index (κ3) is 4.52. The Morgan fingerprint density at radius 2 is 1.71 bits per heavy atom. The van der Waals surface area contributed by atoms with Gasteiger partial charge in [0.05, 0.1) is 17.4 Å². The number of aromatic nitrogens is 2. The van der Waals surface area contributed by atoms with E-state index in [2.05, 4.69) is 14.9 Å². The number of ketones is 1. The van der Waals surface area contributed by atoms with E-state index < -0.39 is 23.9 Å². The van der Waals surface area contributed by atoms with Gasteiger partial charge in [0.1, 0.15) is 6.10 Å². The lowest BCUT2D eigenvalue weighted by atomic mass is 10.0. The third-order valence-corrected chi connectivity index (χ3v) is 7.29. The van der Waals surface area contributed by atoms with E-state index in [0.29, 0.717) is 26.1 Å². The van der Waals surface area contributed by atoms with Crippen molar-refractivity contribution in [3.63, 3.8) is 0 Å². The van der Waals surface area contributed by atoms with E-state index in [1.165, 1.54) is 4.90 Å². The first kappa shape index (κ1) is 22.5. The molecule has 0 saturated heterocycles. The fraction of sp³-hybridized carbons (Fsp3) is 0.269. The van der Waals surface area contributed by atoms with Crippen molar-refractivity contribution in [2.45, 2.75) is 44.7 Å². The van der Waals surface area contributed by atoms with Crippen LogP contribution in [0.15, 0.2) is 66.3 Å². The van der Waals surface area contributed by atoms with E-state index in [1.807, 2.05) is 60.9 Å². The highest BCUT2D eigenvalue weighted by atomic mass is 32.1. The maximum absolute atomic E-state index is 12.6. The van der Waals surface area contributed by atoms with E-state index in [-0.39, 0.29) is 6.42 Å². The zero-order valence-corrected chi connectivity index (χ0v) is 19.3. The first-order chi connectivity index (χ1) is 16.5. The molecule has 0 spiro atoms. The van der Waals surface area contributed by atoms with Crippen LogP contribution in [-0.4, -0.2) is 48.6 Å². The summed E-state index contributed by atoms with van der Waals surface area (Å²) in [6, 6.07) is 17.7. The van der Waals surface area contributed by atoms with Crippen LogP contribution in [0, 0.1) is 0 Å². The predicted octanol–water partition coefficient (Wildman–Crippen LogP) is 2.91. The highest BCUT2D eigenvalue weighted by Crippen LogP contribution is 2.24. The quantitative estimate of drug-likeness (QED) is 0.409. The summed E-state index contributed by atoms with van der Waals surface area (Å²) in [6.07, 6.45) is -1.16. The van der Waals surface area contributed by atoms with Gasteiger partial charge in [-0.1, -0.05) is 36.4 Å². The van der Waals surface area contributed by atoms with E-state index in [1.54, 1.807) is 11.3 Å². The number of Topliss-reactive ketones (excluding diaryl/α,β-unsaturated/α-hetero) is 1. The Morgan fingerprint density at radius 3 is 2.47 bits per heavy atom. The molecule has 34 heavy (non-hydrogen) atoms. The Balaban J connectivity index is 1.14. The number of carbonyl (C=O) groups excluding carboxylic acids is 2. The number of hydrogen-bond donors (Lipinski definition) is 2. The molecular weight excluding hydrogens is 450 g/mol. The Labute approximate surface area is 200 Å². The summed E-state index contributed by atoms with van der Waals surface area (Å²) < 4.78 is 2.08. The predicted molar refractivity (Wildman–Crippen MR) is 129 cm³/mol. The molecule has 0 saturated carbocycles. The molecule has 1 aliphatic rings. The number of fused-ring (bicyclic) bond motifs is 2. The Morgan fingerprint density at radius 1 is 1.00 bits per heavy atom. The SMILES string of the molecule is O=C(CCc1cc(Cn2cnc3ccccc32)cs1)[C@H](O)[C@@H](O)C(=O)N1Cc2ccccc2C1. The lowest BCUT2D eigenvalue weighted by molar-refractivity contribution is -0.152. The number of aliphatic hydroxyl groups excluding tert-OH is 2. The van der Waals surface area contributed by atoms with Gasteiger partial charge >= 0.3 is 0 Å². The molecule has 2 atom stereocenters. The highest BCUT2D eigenvalue weighted by molar-refractivity contribution is 7.10. The number of nitrogens with zero attached hydrogens (tertiary/aromatic N) is 3. The largest absolute Gasteiger partial charge is 0.382 e. The molecule has 3 heterocycles. The average molecular weight is 476 g/mol. The van der Waals surface area contributed by atoms with Crippen molar-refractivity contribution in [1.82, 2.24) is 14.5 Å². The van der Waals surface area contributed by atoms with Crippen LogP contribution in [0.3, 0.4) is 0 Å². The van der Waals surface area contributed by atoms with Gasteiger partial charge in [0, 0.05) is 30.9 Å². The van der Waals surface area contributed by atoms with Crippen molar-refractivity contribution >= 4 is 34.1 Å². The lowest BCUT2D eigenvalue weighted by Crippen LogP contribution is -2.46. The van der Waals surface area contributed by atoms with Gasteiger partial charge in [0.25, 0.3) is 5.91 Å².